The van der Waals surface area contributed by atoms with Crippen LogP contribution in [0.25, 0.3) is 0 Å². The van der Waals surface area contributed by atoms with Crippen molar-refractivity contribution in [1.29, 1.82) is 0 Å². The van der Waals surface area contributed by atoms with E-state index in [2.05, 4.69) is 13.8 Å². The molecular weight excluding hydrogens is 286 g/mol. The summed E-state index contributed by atoms with van der Waals surface area (Å²) in [6.07, 6.45) is 0.185. The molecule has 0 aliphatic carbocycles. The highest BCUT2D eigenvalue weighted by Gasteiger charge is 2.81. The minimum atomic E-state index is -1.70. The van der Waals surface area contributed by atoms with Gasteiger partial charge in [-0.15, -0.1) is 0 Å². The third-order valence-corrected chi connectivity index (χ3v) is 5.31. The van der Waals surface area contributed by atoms with Gasteiger partial charge in [0.15, 0.2) is 0 Å². The molecule has 2 fully saturated rings. The molecule has 2 heterocycles. The highest BCUT2D eigenvalue weighted by molar-refractivity contribution is 6.09. The summed E-state index contributed by atoms with van der Waals surface area (Å²) < 4.78 is 16.9. The smallest absolute Gasteiger partial charge is 0.351 e. The van der Waals surface area contributed by atoms with E-state index in [1.54, 1.807) is 7.05 Å². The zero-order chi connectivity index (χ0) is 16.9. The number of esters is 1. The minimum Gasteiger partial charge on any atom is -0.466 e. The average molecular weight is 313 g/mol. The van der Waals surface area contributed by atoms with Gasteiger partial charge in [0.05, 0.1) is 7.11 Å². The van der Waals surface area contributed by atoms with Crippen LogP contribution in [0.3, 0.4) is 0 Å². The molecule has 0 aromatic carbocycles. The summed E-state index contributed by atoms with van der Waals surface area (Å²) in [5.74, 6) is -0.602. The zero-order valence-electron chi connectivity index (χ0n) is 14.6. The maximum absolute atomic E-state index is 12.7. The van der Waals surface area contributed by atoms with Crippen LogP contribution < -0.4 is 0 Å². The van der Waals surface area contributed by atoms with Crippen LogP contribution in [0.15, 0.2) is 0 Å². The second kappa shape index (κ2) is 5.20. The van der Waals surface area contributed by atoms with Crippen molar-refractivity contribution in [1.82, 2.24) is 4.90 Å². The predicted octanol–water partition coefficient (Wildman–Crippen LogP) is 1.57. The average Bonchev–Trinajstić information content (AvgIpc) is 2.76. The summed E-state index contributed by atoms with van der Waals surface area (Å²) in [6, 6.07) is 0. The van der Waals surface area contributed by atoms with Crippen molar-refractivity contribution in [2.75, 3.05) is 20.8 Å². The van der Waals surface area contributed by atoms with Crippen molar-refractivity contribution in [3.8, 4) is 0 Å². The molecule has 2 aliphatic heterocycles. The Morgan fingerprint density at radius 1 is 1.36 bits per heavy atom. The van der Waals surface area contributed by atoms with Gasteiger partial charge in [-0.2, -0.15) is 0 Å². The van der Waals surface area contributed by atoms with E-state index in [1.165, 1.54) is 12.0 Å². The van der Waals surface area contributed by atoms with Crippen LogP contribution in [0.4, 0.5) is 0 Å². The number of fused-ring (bicyclic) bond motifs is 2. The fraction of sp³-hybridized carbons (Fsp3) is 0.875. The van der Waals surface area contributed by atoms with Gasteiger partial charge >= 0.3 is 5.97 Å². The van der Waals surface area contributed by atoms with E-state index in [1.807, 2.05) is 20.8 Å². The quantitative estimate of drug-likeness (QED) is 0.569. The van der Waals surface area contributed by atoms with Gasteiger partial charge in [0.25, 0.3) is 11.5 Å². The monoisotopic (exact) mass is 313 g/mol. The van der Waals surface area contributed by atoms with Crippen molar-refractivity contribution in [2.45, 2.75) is 58.5 Å². The number of piperidine rings is 1. The summed E-state index contributed by atoms with van der Waals surface area (Å²) in [4.78, 5) is 26.6. The van der Waals surface area contributed by atoms with Gasteiger partial charge in [-0.25, -0.2) is 4.79 Å². The molecule has 0 saturated carbocycles. The highest BCUT2D eigenvalue weighted by Crippen LogP contribution is 2.59. The lowest BCUT2D eigenvalue weighted by Gasteiger charge is -2.46. The minimum absolute atomic E-state index is 0.393. The number of rotatable bonds is 5. The molecule has 0 spiro atoms. The van der Waals surface area contributed by atoms with Crippen molar-refractivity contribution >= 4 is 11.9 Å². The maximum atomic E-state index is 12.7. The number of carbonyl (C=O) groups excluding carboxylic acids is 2. The van der Waals surface area contributed by atoms with E-state index in [0.29, 0.717) is 12.5 Å². The number of amides is 1. The Kier molecular flexibility index (Phi) is 4.07. The summed E-state index contributed by atoms with van der Waals surface area (Å²) in [6.45, 7) is 10.4. The topological polar surface area (TPSA) is 65.1 Å². The SMILES string of the molecule is COC(=O)[C@@]12O[C@@](C)(N(C)C1=O)C(C)(C)[C@H]2OCCC(C)C. The lowest BCUT2D eigenvalue weighted by Crippen LogP contribution is -2.66. The van der Waals surface area contributed by atoms with Gasteiger partial charge in [-0.1, -0.05) is 27.7 Å². The number of hydrogen-bond donors (Lipinski definition) is 0. The van der Waals surface area contributed by atoms with Crippen molar-refractivity contribution < 1.29 is 23.8 Å². The van der Waals surface area contributed by atoms with Crippen LogP contribution >= 0.6 is 0 Å². The van der Waals surface area contributed by atoms with Crippen LogP contribution in [0.1, 0.15) is 41.0 Å². The van der Waals surface area contributed by atoms with Gasteiger partial charge in [0.1, 0.15) is 11.8 Å². The first kappa shape index (κ1) is 17.2. The molecule has 2 aliphatic rings. The van der Waals surface area contributed by atoms with Crippen LogP contribution in [0, 0.1) is 11.3 Å². The number of carbonyl (C=O) groups is 2. The Morgan fingerprint density at radius 3 is 2.45 bits per heavy atom. The molecule has 2 bridgehead atoms. The van der Waals surface area contributed by atoms with E-state index in [0.717, 1.165) is 6.42 Å². The molecule has 6 nitrogen and oxygen atoms in total. The number of likely N-dealkylation sites (tertiary alicyclic amines) is 1. The fourth-order valence-electron chi connectivity index (χ4n) is 3.48. The van der Waals surface area contributed by atoms with Crippen LogP contribution in [0.2, 0.25) is 0 Å². The maximum Gasteiger partial charge on any atom is 0.351 e. The third kappa shape index (κ3) is 1.93. The van der Waals surface area contributed by atoms with E-state index in [4.69, 9.17) is 14.2 Å². The molecule has 1 amide bonds. The largest absolute Gasteiger partial charge is 0.466 e. The van der Waals surface area contributed by atoms with Crippen LogP contribution in [-0.2, 0) is 23.8 Å². The number of ether oxygens (including phenoxy) is 3. The second-order valence-corrected chi connectivity index (χ2v) is 7.33. The van der Waals surface area contributed by atoms with E-state index >= 15 is 0 Å². The molecule has 0 radical (unpaired) electrons. The lowest BCUT2D eigenvalue weighted by molar-refractivity contribution is -0.180. The second-order valence-electron chi connectivity index (χ2n) is 7.33. The first-order valence-electron chi connectivity index (χ1n) is 7.74. The molecule has 6 heteroatoms. The fourth-order valence-corrected chi connectivity index (χ4v) is 3.48. The first-order chi connectivity index (χ1) is 10.1. The third-order valence-electron chi connectivity index (χ3n) is 5.31. The molecule has 0 aromatic rings. The molecule has 0 aromatic heterocycles. The van der Waals surface area contributed by atoms with E-state index in [9.17, 15) is 9.59 Å². The van der Waals surface area contributed by atoms with Crippen molar-refractivity contribution in [3.63, 3.8) is 0 Å². The van der Waals surface area contributed by atoms with E-state index < -0.39 is 34.7 Å². The lowest BCUT2D eigenvalue weighted by atomic mass is 9.70. The molecule has 22 heavy (non-hydrogen) atoms. The molecule has 0 N–H and O–H groups in total. The Labute approximate surface area is 132 Å². The Bertz CT molecular complexity index is 489. The summed E-state index contributed by atoms with van der Waals surface area (Å²) in [5.41, 5.74) is -3.14. The number of nitrogens with zero attached hydrogens (tertiary/aromatic N) is 1. The number of likely N-dealkylation sites (N-methyl/N-ethyl adjacent to an activating group) is 1. The van der Waals surface area contributed by atoms with Gasteiger partial charge < -0.3 is 19.1 Å². The van der Waals surface area contributed by atoms with Gasteiger partial charge in [0, 0.05) is 19.1 Å². The zero-order valence-corrected chi connectivity index (χ0v) is 14.6. The van der Waals surface area contributed by atoms with Crippen molar-refractivity contribution in [2.24, 2.45) is 11.3 Å². The summed E-state index contributed by atoms with van der Waals surface area (Å²) in [7, 11) is 2.92. The normalized spacial score (nSPS) is 36.3. The van der Waals surface area contributed by atoms with Gasteiger partial charge in [0.2, 0.25) is 0 Å². The predicted molar refractivity (Wildman–Crippen MR) is 80.0 cm³/mol. The highest BCUT2D eigenvalue weighted by atomic mass is 16.6. The molecule has 0 unspecified atom stereocenters. The summed E-state index contributed by atoms with van der Waals surface area (Å²) >= 11 is 0. The van der Waals surface area contributed by atoms with Gasteiger partial charge in [-0.05, 0) is 19.3 Å². The standard InChI is InChI=1S/C16H27NO5/c1-10(2)8-9-21-11-14(3,4)15(5)17(6)12(18)16(11,22-15)13(19)20-7/h10-11H,8-9H2,1-7H3/t11-,15-,16+/m1/s1. The summed E-state index contributed by atoms with van der Waals surface area (Å²) in [5, 5.41) is 0. The molecular formula is C16H27NO5. The molecule has 2 saturated heterocycles. The Balaban J connectivity index is 2.41. The van der Waals surface area contributed by atoms with Crippen LogP contribution in [0.5, 0.6) is 0 Å². The van der Waals surface area contributed by atoms with Crippen LogP contribution in [-0.4, -0.2) is 55.0 Å². The Hall–Kier alpha value is -1.14. The molecule has 126 valence electrons. The first-order valence-corrected chi connectivity index (χ1v) is 7.74. The number of methoxy groups -OCH3 is 1. The Morgan fingerprint density at radius 2 is 1.95 bits per heavy atom. The van der Waals surface area contributed by atoms with Crippen molar-refractivity contribution in [3.05, 3.63) is 0 Å². The molecule has 2 rings (SSSR count). The number of hydrogen-bond acceptors (Lipinski definition) is 5. The molecule has 3 atom stereocenters. The van der Waals surface area contributed by atoms with E-state index in [-0.39, 0.29) is 0 Å². The van der Waals surface area contributed by atoms with Gasteiger partial charge in [-0.3, -0.25) is 4.79 Å².